The van der Waals surface area contributed by atoms with Gasteiger partial charge in [-0.1, -0.05) is 25.8 Å². The number of sulfonamides is 1. The van der Waals surface area contributed by atoms with Crippen LogP contribution >= 0.6 is 0 Å². The van der Waals surface area contributed by atoms with Crippen molar-refractivity contribution >= 4 is 15.9 Å². The lowest BCUT2D eigenvalue weighted by Gasteiger charge is -2.19. The molecule has 1 amide bonds. The van der Waals surface area contributed by atoms with Crippen LogP contribution in [0.4, 0.5) is 0 Å². The molecule has 0 radical (unpaired) electrons. The van der Waals surface area contributed by atoms with Gasteiger partial charge in [-0.15, -0.1) is 0 Å². The first kappa shape index (κ1) is 20.1. The Balaban J connectivity index is 2.34. The number of carbonyl (C=O) groups excluding carboxylic acids is 1. The van der Waals surface area contributed by atoms with E-state index in [1.165, 1.54) is 6.07 Å². The number of aromatic nitrogens is 1. The number of carbonyl (C=O) groups is 1. The first-order valence-corrected chi connectivity index (χ1v) is 10.1. The van der Waals surface area contributed by atoms with E-state index < -0.39 is 10.0 Å². The summed E-state index contributed by atoms with van der Waals surface area (Å²) >= 11 is 0. The number of pyridine rings is 1. The molecular weight excluding hydrogens is 350 g/mol. The van der Waals surface area contributed by atoms with E-state index in [2.05, 4.69) is 17.2 Å². The van der Waals surface area contributed by atoms with Gasteiger partial charge in [-0.3, -0.25) is 9.78 Å². The van der Waals surface area contributed by atoms with Gasteiger partial charge in [0.05, 0.1) is 10.9 Å². The van der Waals surface area contributed by atoms with Crippen LogP contribution in [-0.2, 0) is 10.0 Å². The number of benzene rings is 1. The van der Waals surface area contributed by atoms with Crippen molar-refractivity contribution in [3.8, 4) is 0 Å². The van der Waals surface area contributed by atoms with Crippen molar-refractivity contribution in [1.82, 2.24) is 10.3 Å². The molecule has 0 unspecified atom stereocenters. The molecule has 0 aliphatic heterocycles. The van der Waals surface area contributed by atoms with E-state index in [4.69, 9.17) is 5.14 Å². The second kappa shape index (κ2) is 8.42. The average Bonchev–Trinajstić information content (AvgIpc) is 2.60. The monoisotopic (exact) mass is 375 g/mol. The number of amides is 1. The fourth-order valence-electron chi connectivity index (χ4n) is 2.81. The highest BCUT2D eigenvalue weighted by Gasteiger charge is 2.20. The van der Waals surface area contributed by atoms with Gasteiger partial charge in [-0.05, 0) is 55.2 Å². The van der Waals surface area contributed by atoms with Crippen LogP contribution < -0.4 is 10.5 Å². The fourth-order valence-corrected chi connectivity index (χ4v) is 3.69. The molecule has 0 spiro atoms. The Kier molecular flexibility index (Phi) is 6.50. The van der Waals surface area contributed by atoms with Gasteiger partial charge in [-0.2, -0.15) is 0 Å². The molecule has 0 aliphatic carbocycles. The number of hydrogen-bond donors (Lipinski definition) is 2. The second-order valence-electron chi connectivity index (χ2n) is 6.42. The third-order valence-electron chi connectivity index (χ3n) is 4.43. The fraction of sp³-hybridized carbons (Fsp3) is 0.368. The molecule has 1 aromatic carbocycles. The highest BCUT2D eigenvalue weighted by atomic mass is 32.2. The Morgan fingerprint density at radius 3 is 2.62 bits per heavy atom. The highest BCUT2D eigenvalue weighted by molar-refractivity contribution is 7.89. The summed E-state index contributed by atoms with van der Waals surface area (Å²) in [6.45, 7) is 5.52. The van der Waals surface area contributed by atoms with Crippen molar-refractivity contribution < 1.29 is 13.2 Å². The van der Waals surface area contributed by atoms with Gasteiger partial charge >= 0.3 is 0 Å². The van der Waals surface area contributed by atoms with Crippen LogP contribution in [0, 0.1) is 13.8 Å². The molecule has 2 aromatic rings. The summed E-state index contributed by atoms with van der Waals surface area (Å²) in [4.78, 5) is 16.9. The van der Waals surface area contributed by atoms with Gasteiger partial charge in [-0.25, -0.2) is 13.6 Å². The summed E-state index contributed by atoms with van der Waals surface area (Å²) in [7, 11) is -3.90. The molecule has 7 heteroatoms. The minimum Gasteiger partial charge on any atom is -0.345 e. The van der Waals surface area contributed by atoms with E-state index in [9.17, 15) is 13.2 Å². The maximum absolute atomic E-state index is 12.8. The summed E-state index contributed by atoms with van der Waals surface area (Å²) in [6.07, 6.45) is 6.16. The number of nitrogens with one attached hydrogen (secondary N) is 1. The number of hydrogen-bond acceptors (Lipinski definition) is 4. The van der Waals surface area contributed by atoms with Crippen molar-refractivity contribution in [2.45, 2.75) is 51.0 Å². The first-order valence-electron chi connectivity index (χ1n) is 8.59. The molecule has 0 fully saturated rings. The van der Waals surface area contributed by atoms with E-state index in [0.29, 0.717) is 11.1 Å². The maximum atomic E-state index is 12.8. The molecule has 0 aliphatic rings. The van der Waals surface area contributed by atoms with Crippen LogP contribution in [0.25, 0.3) is 0 Å². The summed E-state index contributed by atoms with van der Waals surface area (Å²) in [5.74, 6) is -0.331. The molecule has 1 aromatic heterocycles. The van der Waals surface area contributed by atoms with E-state index in [1.54, 1.807) is 32.3 Å². The molecule has 1 heterocycles. The standard InChI is InChI=1S/C19H25N3O3S/c1-4-5-8-17(15-7-6-9-21-12-15)22-19(23)16-10-13(2)14(3)18(11-16)26(20,24)25/h6-7,9-12,17H,4-5,8H2,1-3H3,(H,22,23)(H2,20,24,25)/t17-/m0/s1. The van der Waals surface area contributed by atoms with E-state index in [1.807, 2.05) is 12.1 Å². The molecule has 2 rings (SSSR count). The summed E-state index contributed by atoms with van der Waals surface area (Å²) in [5, 5.41) is 8.28. The zero-order valence-corrected chi connectivity index (χ0v) is 16.1. The van der Waals surface area contributed by atoms with E-state index in [0.717, 1.165) is 24.8 Å². The topological polar surface area (TPSA) is 102 Å². The molecule has 3 N–H and O–H groups in total. The van der Waals surface area contributed by atoms with Crippen LogP contribution in [0.3, 0.4) is 0 Å². The van der Waals surface area contributed by atoms with Gasteiger partial charge in [0.15, 0.2) is 0 Å². The zero-order chi connectivity index (χ0) is 19.3. The van der Waals surface area contributed by atoms with Crippen LogP contribution in [0.2, 0.25) is 0 Å². The number of primary sulfonamides is 1. The van der Waals surface area contributed by atoms with Crippen molar-refractivity contribution in [3.63, 3.8) is 0 Å². The first-order chi connectivity index (χ1) is 12.2. The molecule has 6 nitrogen and oxygen atoms in total. The minimum atomic E-state index is -3.90. The van der Waals surface area contributed by atoms with Crippen molar-refractivity contribution in [3.05, 3.63) is 58.9 Å². The number of unbranched alkanes of at least 4 members (excludes halogenated alkanes) is 1. The predicted molar refractivity (Wildman–Crippen MR) is 101 cm³/mol. The second-order valence-corrected chi connectivity index (χ2v) is 7.95. The quantitative estimate of drug-likeness (QED) is 0.776. The van der Waals surface area contributed by atoms with Crippen molar-refractivity contribution in [1.29, 1.82) is 0 Å². The zero-order valence-electron chi connectivity index (χ0n) is 15.3. The number of nitrogens with zero attached hydrogens (tertiary/aromatic N) is 1. The van der Waals surface area contributed by atoms with Crippen LogP contribution in [0.5, 0.6) is 0 Å². The molecule has 0 saturated heterocycles. The highest BCUT2D eigenvalue weighted by Crippen LogP contribution is 2.22. The van der Waals surface area contributed by atoms with Gasteiger partial charge in [0.2, 0.25) is 10.0 Å². The van der Waals surface area contributed by atoms with Crippen molar-refractivity contribution in [2.24, 2.45) is 5.14 Å². The van der Waals surface area contributed by atoms with Crippen LogP contribution in [0.1, 0.15) is 59.3 Å². The Hall–Kier alpha value is -2.25. The minimum absolute atomic E-state index is 0.0193. The number of rotatable bonds is 7. The summed E-state index contributed by atoms with van der Waals surface area (Å²) in [5.41, 5.74) is 2.46. The Morgan fingerprint density at radius 1 is 1.31 bits per heavy atom. The third kappa shape index (κ3) is 4.89. The van der Waals surface area contributed by atoms with Crippen molar-refractivity contribution in [2.75, 3.05) is 0 Å². The van der Waals surface area contributed by atoms with E-state index >= 15 is 0 Å². The molecule has 0 saturated carbocycles. The van der Waals surface area contributed by atoms with E-state index in [-0.39, 0.29) is 22.4 Å². The molecule has 0 bridgehead atoms. The van der Waals surface area contributed by atoms with Gasteiger partial charge < -0.3 is 5.32 Å². The summed E-state index contributed by atoms with van der Waals surface area (Å²) in [6, 6.07) is 6.59. The van der Waals surface area contributed by atoms with Gasteiger partial charge in [0, 0.05) is 18.0 Å². The molecule has 1 atom stereocenters. The largest absolute Gasteiger partial charge is 0.345 e. The maximum Gasteiger partial charge on any atom is 0.251 e. The number of aryl methyl sites for hydroxylation is 1. The normalized spacial score (nSPS) is 12.6. The van der Waals surface area contributed by atoms with Gasteiger partial charge in [0.25, 0.3) is 5.91 Å². The molecule has 26 heavy (non-hydrogen) atoms. The lowest BCUT2D eigenvalue weighted by atomic mass is 10.0. The predicted octanol–water partition coefficient (Wildman–Crippen LogP) is 3.01. The SMILES string of the molecule is CCCC[C@H](NC(=O)c1cc(C)c(C)c(S(N)(=O)=O)c1)c1cccnc1. The molecular formula is C19H25N3O3S. The van der Waals surface area contributed by atoms with Crippen LogP contribution in [-0.4, -0.2) is 19.3 Å². The third-order valence-corrected chi connectivity index (χ3v) is 5.46. The molecule has 140 valence electrons. The lowest BCUT2D eigenvalue weighted by Crippen LogP contribution is -2.29. The average molecular weight is 375 g/mol. The lowest BCUT2D eigenvalue weighted by molar-refractivity contribution is 0.0933. The Morgan fingerprint density at radius 2 is 2.04 bits per heavy atom. The number of nitrogens with two attached hydrogens (primary N) is 1. The Labute approximate surface area is 154 Å². The van der Waals surface area contributed by atoms with Crippen LogP contribution in [0.15, 0.2) is 41.6 Å². The Bertz CT molecular complexity index is 880. The summed E-state index contributed by atoms with van der Waals surface area (Å²) < 4.78 is 23.6. The smallest absolute Gasteiger partial charge is 0.251 e. The van der Waals surface area contributed by atoms with Gasteiger partial charge in [0.1, 0.15) is 0 Å².